The molecule has 1 aromatic heterocycles. The molecule has 1 fully saturated rings. The van der Waals surface area contributed by atoms with Gasteiger partial charge in [0.2, 0.25) is 6.29 Å². The maximum Gasteiger partial charge on any atom is 0.338 e. The summed E-state index contributed by atoms with van der Waals surface area (Å²) in [6.07, 6.45) is 4.71. The van der Waals surface area contributed by atoms with Crippen molar-refractivity contribution in [3.63, 3.8) is 0 Å². The van der Waals surface area contributed by atoms with Gasteiger partial charge in [-0.15, -0.1) is 0 Å². The van der Waals surface area contributed by atoms with E-state index in [2.05, 4.69) is 16.2 Å². The topological polar surface area (TPSA) is 70.0 Å². The van der Waals surface area contributed by atoms with Crippen LogP contribution in [0.25, 0.3) is 0 Å². The Hall–Kier alpha value is -2.73. The van der Waals surface area contributed by atoms with E-state index in [9.17, 15) is 4.79 Å². The molecule has 148 valence electrons. The zero-order valence-corrected chi connectivity index (χ0v) is 16.4. The van der Waals surface area contributed by atoms with Gasteiger partial charge >= 0.3 is 5.97 Å². The zero-order chi connectivity index (χ0) is 19.8. The number of oxime groups is 1. The quantitative estimate of drug-likeness (QED) is 0.410. The minimum absolute atomic E-state index is 0.322. The molecule has 1 aliphatic rings. The number of esters is 1. The van der Waals surface area contributed by atoms with Crippen molar-refractivity contribution >= 4 is 11.7 Å². The summed E-state index contributed by atoms with van der Waals surface area (Å²) in [5.41, 5.74) is 3.93. The second-order valence-corrected chi connectivity index (χ2v) is 6.76. The van der Waals surface area contributed by atoms with Crippen LogP contribution in [-0.4, -0.2) is 36.2 Å². The van der Waals surface area contributed by atoms with Crippen molar-refractivity contribution in [1.29, 1.82) is 0 Å². The van der Waals surface area contributed by atoms with Crippen molar-refractivity contribution in [3.8, 4) is 0 Å². The number of hydrogen-bond donors (Lipinski definition) is 0. The lowest BCUT2D eigenvalue weighted by molar-refractivity contribution is -0.162. The molecule has 1 saturated heterocycles. The van der Waals surface area contributed by atoms with Gasteiger partial charge in [-0.3, -0.25) is 4.98 Å². The largest absolute Gasteiger partial charge is 0.462 e. The van der Waals surface area contributed by atoms with E-state index in [1.807, 2.05) is 25.1 Å². The summed E-state index contributed by atoms with van der Waals surface area (Å²) >= 11 is 0. The summed E-state index contributed by atoms with van der Waals surface area (Å²) in [4.78, 5) is 22.2. The number of ether oxygens (including phenoxy) is 2. The highest BCUT2D eigenvalue weighted by molar-refractivity contribution is 6.01. The second-order valence-electron chi connectivity index (χ2n) is 6.76. The Kier molecular flexibility index (Phi) is 7.14. The first kappa shape index (κ1) is 20.0. The average molecular weight is 382 g/mol. The van der Waals surface area contributed by atoms with Gasteiger partial charge in [0.25, 0.3) is 0 Å². The van der Waals surface area contributed by atoms with Crippen molar-refractivity contribution in [2.45, 2.75) is 45.8 Å². The van der Waals surface area contributed by atoms with Crippen LogP contribution in [0, 0.1) is 6.92 Å². The molecule has 0 bridgehead atoms. The van der Waals surface area contributed by atoms with E-state index in [4.69, 9.17) is 14.3 Å². The molecular weight excluding hydrogens is 356 g/mol. The molecule has 1 atom stereocenters. The minimum atomic E-state index is -0.377. The molecule has 1 unspecified atom stereocenters. The van der Waals surface area contributed by atoms with E-state index < -0.39 is 0 Å². The summed E-state index contributed by atoms with van der Waals surface area (Å²) in [5, 5.41) is 4.37. The lowest BCUT2D eigenvalue weighted by Crippen LogP contribution is -2.21. The van der Waals surface area contributed by atoms with Gasteiger partial charge in [-0.25, -0.2) is 4.79 Å². The van der Waals surface area contributed by atoms with E-state index in [0.29, 0.717) is 36.6 Å². The Morgan fingerprint density at radius 2 is 2.18 bits per heavy atom. The minimum Gasteiger partial charge on any atom is -0.462 e. The highest BCUT2D eigenvalue weighted by atomic mass is 16.8. The van der Waals surface area contributed by atoms with Crippen LogP contribution in [0.2, 0.25) is 0 Å². The van der Waals surface area contributed by atoms with E-state index >= 15 is 0 Å². The van der Waals surface area contributed by atoms with Gasteiger partial charge in [0, 0.05) is 19.0 Å². The second kappa shape index (κ2) is 9.99. The Labute approximate surface area is 165 Å². The number of aromatic nitrogens is 1. The number of nitrogens with zero attached hydrogens (tertiary/aromatic N) is 2. The molecule has 2 aromatic rings. The fourth-order valence-electron chi connectivity index (χ4n) is 3.03. The monoisotopic (exact) mass is 382 g/mol. The number of rotatable bonds is 7. The number of pyridine rings is 1. The normalized spacial score (nSPS) is 17.2. The Morgan fingerprint density at radius 3 is 2.93 bits per heavy atom. The molecule has 2 heterocycles. The summed E-state index contributed by atoms with van der Waals surface area (Å²) < 4.78 is 10.7. The van der Waals surface area contributed by atoms with Gasteiger partial charge in [0.15, 0.2) is 0 Å². The molecular formula is C22H26N2O4. The summed E-state index contributed by atoms with van der Waals surface area (Å²) in [5.74, 6) is -0.377. The standard InChI is InChI=1S/C22H26N2O4/c1-3-26-22(25)18-10-11-23-19(15-18)20(14-17-8-6-7-16(2)13-17)24-28-21-9-4-5-12-27-21/h6-8,10-11,13,15,21H,3-5,9,12,14H2,1-2H3/b24-20+. The van der Waals surface area contributed by atoms with Crippen LogP contribution < -0.4 is 0 Å². The highest BCUT2D eigenvalue weighted by Gasteiger charge is 2.17. The van der Waals surface area contributed by atoms with Crippen LogP contribution >= 0.6 is 0 Å². The molecule has 0 amide bonds. The van der Waals surface area contributed by atoms with Crippen LogP contribution in [0.4, 0.5) is 0 Å². The maximum atomic E-state index is 12.1. The molecule has 0 spiro atoms. The number of carbonyl (C=O) groups excluding carboxylic acids is 1. The molecule has 6 heteroatoms. The van der Waals surface area contributed by atoms with Crippen LogP contribution in [0.1, 0.15) is 53.4 Å². The molecule has 28 heavy (non-hydrogen) atoms. The van der Waals surface area contributed by atoms with Crippen molar-refractivity contribution in [3.05, 3.63) is 65.0 Å². The van der Waals surface area contributed by atoms with Crippen LogP contribution in [0.5, 0.6) is 0 Å². The Balaban J connectivity index is 1.86. The molecule has 0 radical (unpaired) electrons. The third-order valence-electron chi connectivity index (χ3n) is 4.44. The molecule has 1 aliphatic heterocycles. The first-order valence-corrected chi connectivity index (χ1v) is 9.69. The predicted octanol–water partition coefficient (Wildman–Crippen LogP) is 4.06. The lowest BCUT2D eigenvalue weighted by atomic mass is 10.0. The van der Waals surface area contributed by atoms with Gasteiger partial charge in [0.05, 0.1) is 24.5 Å². The zero-order valence-electron chi connectivity index (χ0n) is 16.4. The molecule has 0 saturated carbocycles. The van der Waals surface area contributed by atoms with E-state index in [0.717, 1.165) is 24.8 Å². The van der Waals surface area contributed by atoms with Gasteiger partial charge in [0.1, 0.15) is 5.71 Å². The maximum absolute atomic E-state index is 12.1. The fraction of sp³-hybridized carbons (Fsp3) is 0.409. The lowest BCUT2D eigenvalue weighted by Gasteiger charge is -2.20. The predicted molar refractivity (Wildman–Crippen MR) is 106 cm³/mol. The number of aryl methyl sites for hydroxylation is 1. The summed E-state index contributed by atoms with van der Waals surface area (Å²) in [6.45, 7) is 4.84. The van der Waals surface area contributed by atoms with Crippen molar-refractivity contribution in [2.75, 3.05) is 13.2 Å². The van der Waals surface area contributed by atoms with Crippen molar-refractivity contribution < 1.29 is 19.1 Å². The van der Waals surface area contributed by atoms with Crippen LogP contribution in [-0.2, 0) is 20.7 Å². The number of carbonyl (C=O) groups is 1. The van der Waals surface area contributed by atoms with Crippen molar-refractivity contribution in [1.82, 2.24) is 4.98 Å². The van der Waals surface area contributed by atoms with Gasteiger partial charge in [-0.2, -0.15) is 0 Å². The van der Waals surface area contributed by atoms with Crippen molar-refractivity contribution in [2.24, 2.45) is 5.16 Å². The van der Waals surface area contributed by atoms with Gasteiger partial charge in [-0.05, 0) is 44.4 Å². The first-order valence-electron chi connectivity index (χ1n) is 9.69. The fourth-order valence-corrected chi connectivity index (χ4v) is 3.03. The SMILES string of the molecule is CCOC(=O)c1ccnc(/C(Cc2cccc(C)c2)=N/OC2CCCCO2)c1. The molecule has 1 aromatic carbocycles. The van der Waals surface area contributed by atoms with Crippen LogP contribution in [0.3, 0.4) is 0 Å². The molecule has 0 N–H and O–H groups in total. The van der Waals surface area contributed by atoms with Crippen LogP contribution in [0.15, 0.2) is 47.8 Å². The Morgan fingerprint density at radius 1 is 1.29 bits per heavy atom. The number of hydrogen-bond acceptors (Lipinski definition) is 6. The van der Waals surface area contributed by atoms with E-state index in [1.54, 1.807) is 25.3 Å². The van der Waals surface area contributed by atoms with E-state index in [1.165, 1.54) is 5.56 Å². The average Bonchev–Trinajstić information content (AvgIpc) is 2.72. The number of benzene rings is 1. The third kappa shape index (κ3) is 5.63. The Bertz CT molecular complexity index is 829. The van der Waals surface area contributed by atoms with Gasteiger partial charge < -0.3 is 14.3 Å². The molecule has 0 aliphatic carbocycles. The first-order chi connectivity index (χ1) is 13.7. The molecule has 3 rings (SSSR count). The van der Waals surface area contributed by atoms with Gasteiger partial charge in [-0.1, -0.05) is 35.0 Å². The summed E-state index contributed by atoms with van der Waals surface area (Å²) in [6, 6.07) is 11.5. The van der Waals surface area contributed by atoms with E-state index in [-0.39, 0.29) is 12.3 Å². The summed E-state index contributed by atoms with van der Waals surface area (Å²) in [7, 11) is 0. The smallest absolute Gasteiger partial charge is 0.338 e. The molecule has 6 nitrogen and oxygen atoms in total. The highest BCUT2D eigenvalue weighted by Crippen LogP contribution is 2.16. The third-order valence-corrected chi connectivity index (χ3v) is 4.44.